The van der Waals surface area contributed by atoms with Crippen LogP contribution in [0.15, 0.2) is 34.8 Å². The minimum atomic E-state index is -0.192. The fourth-order valence-electron chi connectivity index (χ4n) is 1.30. The van der Waals surface area contributed by atoms with Gasteiger partial charge in [0.25, 0.3) is 0 Å². The molecule has 0 amide bonds. The van der Waals surface area contributed by atoms with Gasteiger partial charge >= 0.3 is 0 Å². The monoisotopic (exact) mass is 285 g/mol. The zero-order chi connectivity index (χ0) is 10.8. The third-order valence-corrected chi connectivity index (χ3v) is 3.68. The van der Waals surface area contributed by atoms with Gasteiger partial charge in [0, 0.05) is 22.0 Å². The Morgan fingerprint density at radius 3 is 2.73 bits per heavy atom. The van der Waals surface area contributed by atoms with Crippen molar-refractivity contribution >= 4 is 32.3 Å². The van der Waals surface area contributed by atoms with Crippen molar-refractivity contribution in [2.24, 2.45) is 0 Å². The van der Waals surface area contributed by atoms with Crippen molar-refractivity contribution in [3.05, 3.63) is 40.6 Å². The second-order valence-corrected chi connectivity index (χ2v) is 5.04. The van der Waals surface area contributed by atoms with E-state index in [-0.39, 0.29) is 5.82 Å². The maximum atomic E-state index is 13.5. The first-order valence-corrected chi connectivity index (χ1v) is 6.04. The highest BCUT2D eigenvalue weighted by Crippen LogP contribution is 2.34. The van der Waals surface area contributed by atoms with E-state index in [0.29, 0.717) is 5.56 Å². The van der Waals surface area contributed by atoms with Gasteiger partial charge in [-0.15, -0.1) is 11.3 Å². The van der Waals surface area contributed by atoms with E-state index in [1.54, 1.807) is 12.1 Å². The fraction of sp³-hybridized carbons (Fsp3) is 0.0909. The molecule has 1 heterocycles. The summed E-state index contributed by atoms with van der Waals surface area (Å²) in [7, 11) is 1.85. The van der Waals surface area contributed by atoms with Crippen LogP contribution in [0, 0.1) is 5.82 Å². The van der Waals surface area contributed by atoms with Gasteiger partial charge in [0.1, 0.15) is 5.82 Å². The van der Waals surface area contributed by atoms with Gasteiger partial charge in [0.2, 0.25) is 0 Å². The number of anilines is 1. The molecule has 2 rings (SSSR count). The summed E-state index contributed by atoms with van der Waals surface area (Å²) in [6.07, 6.45) is 0. The van der Waals surface area contributed by atoms with E-state index < -0.39 is 0 Å². The van der Waals surface area contributed by atoms with Crippen LogP contribution >= 0.6 is 27.3 Å². The molecule has 1 nitrogen and oxygen atoms in total. The standard InChI is InChI=1S/C11H9BrFNS/c1-14-11-5-4-10(15-11)8-6-7(12)2-3-9(8)13/h2-6,14H,1H3. The van der Waals surface area contributed by atoms with E-state index in [4.69, 9.17) is 0 Å². The first-order valence-electron chi connectivity index (χ1n) is 4.43. The summed E-state index contributed by atoms with van der Waals surface area (Å²) in [5, 5.41) is 4.07. The van der Waals surface area contributed by atoms with Crippen LogP contribution in [0.5, 0.6) is 0 Å². The predicted molar refractivity (Wildman–Crippen MR) is 67.0 cm³/mol. The van der Waals surface area contributed by atoms with Crippen molar-refractivity contribution in [3.8, 4) is 10.4 Å². The van der Waals surface area contributed by atoms with E-state index in [1.165, 1.54) is 17.4 Å². The number of hydrogen-bond acceptors (Lipinski definition) is 2. The Balaban J connectivity index is 2.48. The molecule has 0 aliphatic carbocycles. The molecule has 15 heavy (non-hydrogen) atoms. The lowest BCUT2D eigenvalue weighted by Gasteiger charge is -2.00. The maximum absolute atomic E-state index is 13.5. The summed E-state index contributed by atoms with van der Waals surface area (Å²) < 4.78 is 14.4. The van der Waals surface area contributed by atoms with E-state index in [1.807, 2.05) is 19.2 Å². The number of nitrogens with one attached hydrogen (secondary N) is 1. The Bertz CT molecular complexity index is 481. The highest BCUT2D eigenvalue weighted by atomic mass is 79.9. The van der Waals surface area contributed by atoms with Crippen LogP contribution in [0.4, 0.5) is 9.39 Å². The van der Waals surface area contributed by atoms with E-state index >= 15 is 0 Å². The minimum Gasteiger partial charge on any atom is -0.380 e. The number of rotatable bonds is 2. The van der Waals surface area contributed by atoms with Crippen molar-refractivity contribution in [2.75, 3.05) is 12.4 Å². The van der Waals surface area contributed by atoms with Crippen LogP contribution in [-0.2, 0) is 0 Å². The molecular formula is C11H9BrFNS. The quantitative estimate of drug-likeness (QED) is 0.865. The van der Waals surface area contributed by atoms with Gasteiger partial charge in [-0.05, 0) is 30.3 Å². The van der Waals surface area contributed by atoms with Crippen LogP contribution in [-0.4, -0.2) is 7.05 Å². The molecule has 1 aromatic carbocycles. The van der Waals surface area contributed by atoms with Gasteiger partial charge < -0.3 is 5.32 Å². The summed E-state index contributed by atoms with van der Waals surface area (Å²) in [5.41, 5.74) is 0.635. The third kappa shape index (κ3) is 2.21. The van der Waals surface area contributed by atoms with Crippen LogP contribution in [0.1, 0.15) is 0 Å². The molecular weight excluding hydrogens is 277 g/mol. The van der Waals surface area contributed by atoms with E-state index in [0.717, 1.165) is 14.4 Å². The van der Waals surface area contributed by atoms with Gasteiger partial charge in [0.05, 0.1) is 5.00 Å². The molecule has 4 heteroatoms. The van der Waals surface area contributed by atoms with Crippen LogP contribution < -0.4 is 5.32 Å². The van der Waals surface area contributed by atoms with Crippen LogP contribution in [0.25, 0.3) is 10.4 Å². The third-order valence-electron chi connectivity index (χ3n) is 2.05. The first kappa shape index (κ1) is 10.6. The molecule has 1 N–H and O–H groups in total. The molecule has 0 unspecified atom stereocenters. The molecule has 0 aliphatic rings. The lowest BCUT2D eigenvalue weighted by Crippen LogP contribution is -1.81. The maximum Gasteiger partial charge on any atom is 0.131 e. The molecule has 2 aromatic rings. The molecule has 0 atom stereocenters. The number of halogens is 2. The van der Waals surface area contributed by atoms with Gasteiger partial charge in [0.15, 0.2) is 0 Å². The van der Waals surface area contributed by atoms with Crippen molar-refractivity contribution in [1.82, 2.24) is 0 Å². The topological polar surface area (TPSA) is 12.0 Å². The normalized spacial score (nSPS) is 10.3. The lowest BCUT2D eigenvalue weighted by molar-refractivity contribution is 0.631. The number of hydrogen-bond donors (Lipinski definition) is 1. The van der Waals surface area contributed by atoms with Gasteiger partial charge in [-0.25, -0.2) is 4.39 Å². The Labute approximate surface area is 100 Å². The molecule has 1 aromatic heterocycles. The smallest absolute Gasteiger partial charge is 0.131 e. The molecule has 0 saturated heterocycles. The molecule has 0 bridgehead atoms. The van der Waals surface area contributed by atoms with Crippen molar-refractivity contribution < 1.29 is 4.39 Å². The lowest BCUT2D eigenvalue weighted by atomic mass is 10.2. The highest BCUT2D eigenvalue weighted by Gasteiger charge is 2.07. The molecule has 0 aliphatic heterocycles. The number of thiophene rings is 1. The summed E-state index contributed by atoms with van der Waals surface area (Å²) in [4.78, 5) is 0.929. The molecule has 0 fully saturated rings. The minimum absolute atomic E-state index is 0.192. The van der Waals surface area contributed by atoms with Crippen molar-refractivity contribution in [3.63, 3.8) is 0 Å². The zero-order valence-electron chi connectivity index (χ0n) is 8.05. The molecule has 0 radical (unpaired) electrons. The molecule has 0 saturated carbocycles. The molecule has 0 spiro atoms. The van der Waals surface area contributed by atoms with Crippen LogP contribution in [0.3, 0.4) is 0 Å². The Hall–Kier alpha value is -0.870. The second-order valence-electron chi connectivity index (χ2n) is 3.04. The largest absolute Gasteiger partial charge is 0.380 e. The Morgan fingerprint density at radius 1 is 1.27 bits per heavy atom. The second kappa shape index (κ2) is 4.33. The van der Waals surface area contributed by atoms with Gasteiger partial charge in [-0.3, -0.25) is 0 Å². The predicted octanol–water partition coefficient (Wildman–Crippen LogP) is 4.36. The first-order chi connectivity index (χ1) is 7.20. The van der Waals surface area contributed by atoms with Crippen LogP contribution in [0.2, 0.25) is 0 Å². The Kier molecular flexibility index (Phi) is 3.07. The number of benzene rings is 1. The molecule has 78 valence electrons. The average molecular weight is 286 g/mol. The van der Waals surface area contributed by atoms with E-state index in [9.17, 15) is 4.39 Å². The summed E-state index contributed by atoms with van der Waals surface area (Å²) in [6, 6.07) is 8.83. The van der Waals surface area contributed by atoms with Crippen molar-refractivity contribution in [2.45, 2.75) is 0 Å². The highest BCUT2D eigenvalue weighted by molar-refractivity contribution is 9.10. The van der Waals surface area contributed by atoms with E-state index in [2.05, 4.69) is 21.2 Å². The van der Waals surface area contributed by atoms with Gasteiger partial charge in [-0.2, -0.15) is 0 Å². The zero-order valence-corrected chi connectivity index (χ0v) is 10.5. The average Bonchev–Trinajstić information content (AvgIpc) is 2.70. The summed E-state index contributed by atoms with van der Waals surface area (Å²) >= 11 is 4.88. The van der Waals surface area contributed by atoms with Gasteiger partial charge in [-0.1, -0.05) is 15.9 Å². The SMILES string of the molecule is CNc1ccc(-c2cc(Br)ccc2F)s1. The fourth-order valence-corrected chi connectivity index (χ4v) is 2.54. The van der Waals surface area contributed by atoms with Crippen molar-refractivity contribution in [1.29, 1.82) is 0 Å². The Morgan fingerprint density at radius 2 is 2.07 bits per heavy atom. The summed E-state index contributed by atoms with van der Waals surface area (Å²) in [5.74, 6) is -0.192. The summed E-state index contributed by atoms with van der Waals surface area (Å²) in [6.45, 7) is 0.